The average Bonchev–Trinajstić information content (AvgIpc) is 3.02. The minimum absolute atomic E-state index is 0.0589. The molecule has 6 heteroatoms. The Bertz CT molecular complexity index is 571. The van der Waals surface area contributed by atoms with Gasteiger partial charge in [0.1, 0.15) is 11.8 Å². The molecule has 2 N–H and O–H groups in total. The third-order valence-electron chi connectivity index (χ3n) is 3.76. The Morgan fingerprint density at radius 2 is 2.15 bits per heavy atom. The van der Waals surface area contributed by atoms with E-state index in [1.54, 1.807) is 18.2 Å². The lowest BCUT2D eigenvalue weighted by Gasteiger charge is -2.21. The number of rotatable bonds is 2. The number of nitrogens with zero attached hydrogens (tertiary/aromatic N) is 1. The second kappa shape index (κ2) is 4.79. The van der Waals surface area contributed by atoms with E-state index >= 15 is 0 Å². The first-order valence-corrected chi connectivity index (χ1v) is 6.54. The van der Waals surface area contributed by atoms with Gasteiger partial charge >= 0.3 is 5.97 Å². The molecule has 0 bridgehead atoms. The van der Waals surface area contributed by atoms with Crippen molar-refractivity contribution in [2.24, 2.45) is 0 Å². The number of ether oxygens (including phenoxy) is 1. The van der Waals surface area contributed by atoms with E-state index in [9.17, 15) is 14.7 Å². The maximum Gasteiger partial charge on any atom is 0.326 e. The molecule has 1 amide bonds. The number of fused-ring (bicyclic) bond motifs is 1. The zero-order valence-electron chi connectivity index (χ0n) is 10.8. The number of hydrogen-bond acceptors (Lipinski definition) is 4. The van der Waals surface area contributed by atoms with Crippen molar-refractivity contribution in [3.05, 3.63) is 29.3 Å². The number of carbonyl (C=O) groups excluding carboxylic acids is 1. The molecule has 0 aliphatic carbocycles. The van der Waals surface area contributed by atoms with Crippen LogP contribution in [0.1, 0.15) is 22.3 Å². The standard InChI is InChI=1S/C14H15NO5/c16-10-6-11(14(18)19)15(7-10)13(17)9-1-2-12-8(5-9)3-4-20-12/h1-2,5,10-11,16H,3-4,6-7H2,(H,18,19)/t10?,11-/m0/s1. The molecule has 1 aromatic carbocycles. The van der Waals surface area contributed by atoms with E-state index in [4.69, 9.17) is 9.84 Å². The number of aliphatic hydroxyl groups is 1. The van der Waals surface area contributed by atoms with Crippen LogP contribution in [0.25, 0.3) is 0 Å². The fourth-order valence-electron chi connectivity index (χ4n) is 2.76. The second-order valence-electron chi connectivity index (χ2n) is 5.12. The number of aliphatic carboxylic acids is 1. The zero-order valence-corrected chi connectivity index (χ0v) is 10.8. The summed E-state index contributed by atoms with van der Waals surface area (Å²) >= 11 is 0. The lowest BCUT2D eigenvalue weighted by atomic mass is 10.1. The first kappa shape index (κ1) is 12.9. The van der Waals surface area contributed by atoms with Crippen molar-refractivity contribution in [1.82, 2.24) is 4.90 Å². The highest BCUT2D eigenvalue weighted by molar-refractivity contribution is 5.97. The van der Waals surface area contributed by atoms with Gasteiger partial charge in [0, 0.05) is 24.9 Å². The van der Waals surface area contributed by atoms with Crippen LogP contribution >= 0.6 is 0 Å². The molecule has 106 valence electrons. The van der Waals surface area contributed by atoms with E-state index < -0.39 is 18.1 Å². The largest absolute Gasteiger partial charge is 0.493 e. The molecule has 1 unspecified atom stereocenters. The monoisotopic (exact) mass is 277 g/mol. The van der Waals surface area contributed by atoms with Gasteiger partial charge in [0.25, 0.3) is 5.91 Å². The molecule has 0 saturated carbocycles. The van der Waals surface area contributed by atoms with Crippen molar-refractivity contribution < 1.29 is 24.5 Å². The van der Waals surface area contributed by atoms with Crippen molar-refractivity contribution in [3.63, 3.8) is 0 Å². The molecular formula is C14H15NO5. The molecule has 3 rings (SSSR count). The van der Waals surface area contributed by atoms with Crippen LogP contribution in [0.2, 0.25) is 0 Å². The van der Waals surface area contributed by atoms with Crippen LogP contribution in [-0.2, 0) is 11.2 Å². The summed E-state index contributed by atoms with van der Waals surface area (Å²) in [5, 5.41) is 18.7. The maximum absolute atomic E-state index is 12.4. The lowest BCUT2D eigenvalue weighted by Crippen LogP contribution is -2.40. The van der Waals surface area contributed by atoms with E-state index in [2.05, 4.69) is 0 Å². The molecule has 1 fully saturated rings. The van der Waals surface area contributed by atoms with E-state index in [0.717, 1.165) is 17.7 Å². The van der Waals surface area contributed by atoms with E-state index in [-0.39, 0.29) is 18.9 Å². The number of likely N-dealkylation sites (tertiary alicyclic amines) is 1. The molecule has 0 radical (unpaired) electrons. The van der Waals surface area contributed by atoms with Gasteiger partial charge in [-0.2, -0.15) is 0 Å². The van der Waals surface area contributed by atoms with Crippen LogP contribution in [0.4, 0.5) is 0 Å². The number of hydrogen-bond donors (Lipinski definition) is 2. The van der Waals surface area contributed by atoms with Gasteiger partial charge in [-0.05, 0) is 23.8 Å². The Hall–Kier alpha value is -2.08. The highest BCUT2D eigenvalue weighted by atomic mass is 16.5. The number of carboxylic acids is 1. The summed E-state index contributed by atoms with van der Waals surface area (Å²) < 4.78 is 5.38. The summed E-state index contributed by atoms with van der Waals surface area (Å²) in [6.07, 6.45) is 0.0501. The Kier molecular flexibility index (Phi) is 3.10. The van der Waals surface area contributed by atoms with Gasteiger partial charge in [-0.1, -0.05) is 0 Å². The quantitative estimate of drug-likeness (QED) is 0.811. The summed E-state index contributed by atoms with van der Waals surface area (Å²) in [7, 11) is 0. The van der Waals surface area contributed by atoms with Crippen LogP contribution in [0.3, 0.4) is 0 Å². The molecule has 2 aliphatic rings. The number of carbonyl (C=O) groups is 2. The lowest BCUT2D eigenvalue weighted by molar-refractivity contribution is -0.141. The Balaban J connectivity index is 1.86. The first-order valence-electron chi connectivity index (χ1n) is 6.54. The molecule has 0 spiro atoms. The first-order chi connectivity index (χ1) is 9.56. The summed E-state index contributed by atoms with van der Waals surface area (Å²) in [5.41, 5.74) is 1.40. The number of amides is 1. The number of aliphatic hydroxyl groups excluding tert-OH is 1. The SMILES string of the molecule is O=C(O)[C@@H]1CC(O)CN1C(=O)c1ccc2c(c1)CCO2. The predicted octanol–water partition coefficient (Wildman–Crippen LogP) is 0.281. The molecule has 2 atom stereocenters. The minimum Gasteiger partial charge on any atom is -0.493 e. The van der Waals surface area contributed by atoms with Gasteiger partial charge in [0.2, 0.25) is 0 Å². The Morgan fingerprint density at radius 1 is 1.35 bits per heavy atom. The van der Waals surface area contributed by atoms with E-state index in [0.29, 0.717) is 12.2 Å². The van der Waals surface area contributed by atoms with Gasteiger partial charge < -0.3 is 19.8 Å². The predicted molar refractivity (Wildman–Crippen MR) is 68.7 cm³/mol. The molecule has 1 saturated heterocycles. The average molecular weight is 277 g/mol. The van der Waals surface area contributed by atoms with E-state index in [1.807, 2.05) is 0 Å². The summed E-state index contributed by atoms with van der Waals surface area (Å²) in [5.74, 6) is -0.666. The number of benzene rings is 1. The zero-order chi connectivity index (χ0) is 14.3. The van der Waals surface area contributed by atoms with Crippen molar-refractivity contribution >= 4 is 11.9 Å². The van der Waals surface area contributed by atoms with Crippen molar-refractivity contribution in [2.45, 2.75) is 25.0 Å². The molecule has 2 aliphatic heterocycles. The molecule has 6 nitrogen and oxygen atoms in total. The highest BCUT2D eigenvalue weighted by Gasteiger charge is 2.39. The van der Waals surface area contributed by atoms with Crippen LogP contribution in [0.15, 0.2) is 18.2 Å². The minimum atomic E-state index is -1.08. The van der Waals surface area contributed by atoms with Gasteiger partial charge in [0.15, 0.2) is 0 Å². The molecule has 0 aromatic heterocycles. The van der Waals surface area contributed by atoms with Gasteiger partial charge in [-0.25, -0.2) is 4.79 Å². The topological polar surface area (TPSA) is 87.1 Å². The third-order valence-corrected chi connectivity index (χ3v) is 3.76. The fourth-order valence-corrected chi connectivity index (χ4v) is 2.76. The molecule has 20 heavy (non-hydrogen) atoms. The van der Waals surface area contributed by atoms with Gasteiger partial charge in [0.05, 0.1) is 12.7 Å². The normalized spacial score (nSPS) is 24.4. The van der Waals surface area contributed by atoms with E-state index in [1.165, 1.54) is 4.90 Å². The fraction of sp³-hybridized carbons (Fsp3) is 0.429. The van der Waals surface area contributed by atoms with Crippen molar-refractivity contribution in [1.29, 1.82) is 0 Å². The van der Waals surface area contributed by atoms with Crippen molar-refractivity contribution in [2.75, 3.05) is 13.2 Å². The van der Waals surface area contributed by atoms with Crippen LogP contribution < -0.4 is 4.74 Å². The number of β-amino-alcohol motifs (C(OH)–C–C–N with tert-alkyl or cyclic N) is 1. The summed E-state index contributed by atoms with van der Waals surface area (Å²) in [6.45, 7) is 0.663. The summed E-state index contributed by atoms with van der Waals surface area (Å²) in [6, 6.07) is 4.16. The van der Waals surface area contributed by atoms with Gasteiger partial charge in [-0.3, -0.25) is 4.79 Å². The molecule has 1 aromatic rings. The molecule has 2 heterocycles. The Morgan fingerprint density at radius 3 is 2.90 bits per heavy atom. The van der Waals surface area contributed by atoms with Crippen LogP contribution in [0, 0.1) is 0 Å². The summed E-state index contributed by atoms with van der Waals surface area (Å²) in [4.78, 5) is 24.8. The number of carboxylic acid groups (broad SMARTS) is 1. The van der Waals surface area contributed by atoms with Crippen LogP contribution in [-0.4, -0.2) is 52.3 Å². The second-order valence-corrected chi connectivity index (χ2v) is 5.12. The molecular weight excluding hydrogens is 262 g/mol. The maximum atomic E-state index is 12.4. The third kappa shape index (κ3) is 2.12. The van der Waals surface area contributed by atoms with Crippen molar-refractivity contribution in [3.8, 4) is 5.75 Å². The van der Waals surface area contributed by atoms with Gasteiger partial charge in [-0.15, -0.1) is 0 Å². The van der Waals surface area contributed by atoms with Crippen LogP contribution in [0.5, 0.6) is 5.75 Å². The Labute approximate surface area is 115 Å². The highest BCUT2D eigenvalue weighted by Crippen LogP contribution is 2.28. The smallest absolute Gasteiger partial charge is 0.326 e.